The summed E-state index contributed by atoms with van der Waals surface area (Å²) in [5, 5.41) is -0.283. The van der Waals surface area contributed by atoms with Crippen molar-refractivity contribution in [2.75, 3.05) is 0 Å². The summed E-state index contributed by atoms with van der Waals surface area (Å²) in [4.78, 5) is 3.22. The Kier molecular flexibility index (Phi) is 1.42. The molecule has 66 valence electrons. The number of hydrogen-bond acceptors (Lipinski definition) is 1. The van der Waals surface area contributed by atoms with Crippen LogP contribution >= 0.6 is 11.6 Å². The highest BCUT2D eigenvalue weighted by Crippen LogP contribution is 2.31. The lowest BCUT2D eigenvalue weighted by Crippen LogP contribution is -2.07. The van der Waals surface area contributed by atoms with Crippen molar-refractivity contribution >= 4 is 11.6 Å². The average molecular weight is 199 g/mol. The molecule has 0 aliphatic rings. The zero-order valence-electron chi connectivity index (χ0n) is 8.61. The molecule has 12 heavy (non-hydrogen) atoms. The van der Waals surface area contributed by atoms with Gasteiger partial charge in [0.05, 0.1) is 5.56 Å². The van der Waals surface area contributed by atoms with E-state index in [1.165, 1.54) is 0 Å². The zero-order chi connectivity index (χ0) is 11.9. The summed E-state index contributed by atoms with van der Waals surface area (Å²) in [5.74, 6) is 0. The predicted molar refractivity (Wildman–Crippen MR) is 39.0 cm³/mol. The molecule has 1 aromatic heterocycles. The third-order valence-electron chi connectivity index (χ3n) is 1.18. The fourth-order valence-corrected chi connectivity index (χ4v) is 0.814. The topological polar surface area (TPSA) is 12.9 Å². The molecule has 0 bridgehead atoms. The molecule has 0 unspecified atom stereocenters. The second-order valence-electron chi connectivity index (χ2n) is 2.05. The van der Waals surface area contributed by atoms with Gasteiger partial charge in [-0.05, 0) is 18.5 Å². The maximum atomic E-state index is 12.4. The summed E-state index contributed by atoms with van der Waals surface area (Å²) in [6.45, 7) is -2.86. The Morgan fingerprint density at radius 1 is 1.58 bits per heavy atom. The summed E-state index contributed by atoms with van der Waals surface area (Å²) >= 11 is 5.34. The van der Waals surface area contributed by atoms with E-state index in [1.54, 1.807) is 0 Å². The van der Waals surface area contributed by atoms with Gasteiger partial charge in [0.2, 0.25) is 0 Å². The first kappa shape index (κ1) is 5.80. The van der Waals surface area contributed by atoms with Crippen LogP contribution in [0, 0.1) is 6.85 Å². The molecule has 5 heteroatoms. The molecule has 0 saturated heterocycles. The Hall–Kier alpha value is -0.770. The number of rotatable bonds is 0. The second-order valence-corrected chi connectivity index (χ2v) is 2.44. The van der Waals surface area contributed by atoms with E-state index in [2.05, 4.69) is 4.98 Å². The van der Waals surface area contributed by atoms with E-state index in [-0.39, 0.29) is 5.15 Å². The number of aryl methyl sites for hydroxylation is 1. The van der Waals surface area contributed by atoms with Crippen molar-refractivity contribution in [1.29, 1.82) is 0 Å². The molecule has 0 aromatic carbocycles. The molecule has 0 spiro atoms. The van der Waals surface area contributed by atoms with Crippen LogP contribution in [0.2, 0.25) is 5.15 Å². The SMILES string of the molecule is [2H]C([2H])([2H])c1cc(Cl)ncc1C(F)(F)F. The van der Waals surface area contributed by atoms with Gasteiger partial charge in [-0.1, -0.05) is 11.6 Å². The van der Waals surface area contributed by atoms with Gasteiger partial charge in [-0.2, -0.15) is 13.2 Å². The van der Waals surface area contributed by atoms with Crippen molar-refractivity contribution in [2.45, 2.75) is 13.0 Å². The fraction of sp³-hybridized carbons (Fsp3) is 0.286. The van der Waals surface area contributed by atoms with Gasteiger partial charge in [-0.25, -0.2) is 4.98 Å². The summed E-state index contributed by atoms with van der Waals surface area (Å²) in [6, 6.07) is 0.706. The molecule has 1 aromatic rings. The van der Waals surface area contributed by atoms with Gasteiger partial charge in [-0.3, -0.25) is 0 Å². The molecule has 0 amide bonds. The molecule has 0 atom stereocenters. The van der Waals surface area contributed by atoms with E-state index in [0.29, 0.717) is 12.3 Å². The van der Waals surface area contributed by atoms with Crippen molar-refractivity contribution in [3.05, 3.63) is 28.5 Å². The lowest BCUT2D eigenvalue weighted by molar-refractivity contribution is -0.138. The molecule has 0 aliphatic carbocycles. The molecule has 0 fully saturated rings. The molecule has 1 rings (SSSR count). The Morgan fingerprint density at radius 2 is 2.25 bits per heavy atom. The summed E-state index contributed by atoms with van der Waals surface area (Å²) < 4.78 is 57.9. The van der Waals surface area contributed by atoms with Gasteiger partial charge in [0, 0.05) is 10.3 Å². The smallest absolute Gasteiger partial charge is 0.244 e. The molecule has 1 nitrogen and oxygen atoms in total. The van der Waals surface area contributed by atoms with E-state index < -0.39 is 24.2 Å². The van der Waals surface area contributed by atoms with Gasteiger partial charge >= 0.3 is 6.18 Å². The number of halogens is 4. The first-order chi connectivity index (χ1) is 6.62. The van der Waals surface area contributed by atoms with E-state index >= 15 is 0 Å². The van der Waals surface area contributed by atoms with Crippen LogP contribution in [0.1, 0.15) is 15.2 Å². The van der Waals surface area contributed by atoms with Crippen LogP contribution in [-0.4, -0.2) is 4.98 Å². The Bertz CT molecular complexity index is 375. The van der Waals surface area contributed by atoms with Crippen LogP contribution in [-0.2, 0) is 6.18 Å². The third kappa shape index (κ3) is 1.88. The molecular weight excluding hydrogens is 191 g/mol. The minimum Gasteiger partial charge on any atom is -0.244 e. The minimum atomic E-state index is -4.75. The maximum Gasteiger partial charge on any atom is 0.418 e. The van der Waals surface area contributed by atoms with Crippen molar-refractivity contribution in [2.24, 2.45) is 0 Å². The van der Waals surface area contributed by atoms with Crippen LogP contribution in [0.5, 0.6) is 0 Å². The molecule has 1 heterocycles. The van der Waals surface area contributed by atoms with E-state index in [1.807, 2.05) is 0 Å². The van der Waals surface area contributed by atoms with Crippen LogP contribution < -0.4 is 0 Å². The number of pyridine rings is 1. The third-order valence-corrected chi connectivity index (χ3v) is 1.38. The van der Waals surface area contributed by atoms with Gasteiger partial charge in [0.15, 0.2) is 0 Å². The lowest BCUT2D eigenvalue weighted by atomic mass is 10.1. The number of hydrogen-bond donors (Lipinski definition) is 0. The fourth-order valence-electron chi connectivity index (χ4n) is 0.656. The highest BCUT2D eigenvalue weighted by molar-refractivity contribution is 6.29. The van der Waals surface area contributed by atoms with Gasteiger partial charge < -0.3 is 0 Å². The maximum absolute atomic E-state index is 12.4. The van der Waals surface area contributed by atoms with Crippen LogP contribution in [0.15, 0.2) is 12.3 Å². The van der Waals surface area contributed by atoms with Gasteiger partial charge in [0.1, 0.15) is 5.15 Å². The monoisotopic (exact) mass is 198 g/mol. The number of aromatic nitrogens is 1. The van der Waals surface area contributed by atoms with E-state index in [4.69, 9.17) is 15.7 Å². The zero-order valence-corrected chi connectivity index (χ0v) is 6.37. The average Bonchev–Trinajstić information content (AvgIpc) is 2.00. The highest BCUT2D eigenvalue weighted by Gasteiger charge is 2.32. The van der Waals surface area contributed by atoms with E-state index in [0.717, 1.165) is 0 Å². The molecule has 0 aliphatic heterocycles. The lowest BCUT2D eigenvalue weighted by Gasteiger charge is -2.08. The number of nitrogens with zero attached hydrogens (tertiary/aromatic N) is 1. The number of alkyl halides is 3. The van der Waals surface area contributed by atoms with Gasteiger partial charge in [0.25, 0.3) is 0 Å². The normalized spacial score (nSPS) is 16.5. The summed E-state index contributed by atoms with van der Waals surface area (Å²) in [7, 11) is 0. The van der Waals surface area contributed by atoms with Crippen LogP contribution in [0.25, 0.3) is 0 Å². The quantitative estimate of drug-likeness (QED) is 0.584. The molecule has 0 radical (unpaired) electrons. The summed E-state index contributed by atoms with van der Waals surface area (Å²) in [5.41, 5.74) is -2.12. The molecular formula is C7H5ClF3N. The van der Waals surface area contributed by atoms with E-state index in [9.17, 15) is 13.2 Å². The molecule has 0 N–H and O–H groups in total. The van der Waals surface area contributed by atoms with Crippen molar-refractivity contribution in [3.63, 3.8) is 0 Å². The first-order valence-electron chi connectivity index (χ1n) is 4.35. The largest absolute Gasteiger partial charge is 0.418 e. The predicted octanol–water partition coefficient (Wildman–Crippen LogP) is 3.06. The summed E-state index contributed by atoms with van der Waals surface area (Å²) in [6.07, 6.45) is -4.33. The first-order valence-corrected chi connectivity index (χ1v) is 3.23. The Balaban J connectivity index is 3.41. The Labute approximate surface area is 76.4 Å². The second kappa shape index (κ2) is 2.94. The van der Waals surface area contributed by atoms with Crippen LogP contribution in [0.4, 0.5) is 13.2 Å². The molecule has 0 saturated carbocycles. The van der Waals surface area contributed by atoms with Crippen LogP contribution in [0.3, 0.4) is 0 Å². The van der Waals surface area contributed by atoms with Crippen molar-refractivity contribution in [3.8, 4) is 0 Å². The van der Waals surface area contributed by atoms with Gasteiger partial charge in [-0.15, -0.1) is 0 Å². The Morgan fingerprint density at radius 3 is 2.75 bits per heavy atom. The standard InChI is InChI=1S/C7H5ClF3N/c1-4-2-6(8)12-3-5(4)7(9,10)11/h2-3H,1H3/i1D3. The van der Waals surface area contributed by atoms with Crippen molar-refractivity contribution in [1.82, 2.24) is 4.98 Å². The highest BCUT2D eigenvalue weighted by atomic mass is 35.5. The van der Waals surface area contributed by atoms with Crippen molar-refractivity contribution < 1.29 is 17.3 Å². The minimum absolute atomic E-state index is 0.283.